The van der Waals surface area contributed by atoms with Crippen LogP contribution in [0.25, 0.3) is 10.8 Å². The van der Waals surface area contributed by atoms with Crippen molar-refractivity contribution in [3.63, 3.8) is 0 Å². The number of fused-ring (bicyclic) bond motifs is 1. The number of nitrogens with zero attached hydrogens (tertiary/aromatic N) is 8. The SMILES string of the molecule is CC(=O)Nc1ccc(N=Nc2cc(OCCO)c(N=Nc3c(S(=O)(=O)O)cc4c(S(=O)(=O)O)c(N=NC5C(=O)N(c6ccc(S(=O)(=O)O)cc6)N=C5C)ccc4c3O)cc2OCCO)c(S(=O)(=O)O)c1. The number of ether oxygens (including phenoxy) is 2. The van der Waals surface area contributed by atoms with E-state index in [1.54, 1.807) is 0 Å². The Morgan fingerprint density at radius 1 is 0.671 bits per heavy atom. The molecule has 0 saturated carbocycles. The van der Waals surface area contributed by atoms with Crippen LogP contribution < -0.4 is 19.8 Å². The molecule has 1 heterocycles. The van der Waals surface area contributed by atoms with Crippen LogP contribution in [0.5, 0.6) is 17.2 Å². The highest BCUT2D eigenvalue weighted by Gasteiger charge is 2.36. The van der Waals surface area contributed by atoms with Crippen molar-refractivity contribution >= 4 is 109 Å². The Balaban J connectivity index is 1.43. The molecule has 1 unspecified atom stereocenters. The van der Waals surface area contributed by atoms with Crippen molar-refractivity contribution in [2.75, 3.05) is 36.8 Å². The number of carbonyl (C=O) groups excluding carboxylic acids is 2. The van der Waals surface area contributed by atoms with E-state index >= 15 is 0 Å². The lowest BCUT2D eigenvalue weighted by Gasteiger charge is -2.14. The van der Waals surface area contributed by atoms with E-state index in [1.807, 2.05) is 0 Å². The van der Waals surface area contributed by atoms with Crippen LogP contribution in [-0.2, 0) is 50.1 Å². The summed E-state index contributed by atoms with van der Waals surface area (Å²) in [5, 5.41) is 59.7. The molecule has 0 saturated heterocycles. The van der Waals surface area contributed by atoms with E-state index < -0.39 is 138 Å². The Kier molecular flexibility index (Phi) is 15.2. The summed E-state index contributed by atoms with van der Waals surface area (Å²) in [6.45, 7) is 0.486. The highest BCUT2D eigenvalue weighted by atomic mass is 32.2. The van der Waals surface area contributed by atoms with E-state index in [9.17, 15) is 76.8 Å². The molecule has 32 heteroatoms. The monoisotopic (exact) mass is 1050 g/mol. The third kappa shape index (κ3) is 11.8. The van der Waals surface area contributed by atoms with Gasteiger partial charge in [-0.3, -0.25) is 27.8 Å². The molecule has 0 fully saturated rings. The number of hydrazone groups is 1. The van der Waals surface area contributed by atoms with Gasteiger partial charge in [-0.15, -0.1) is 20.5 Å². The van der Waals surface area contributed by atoms with E-state index in [-0.39, 0.29) is 40.0 Å². The topological polar surface area (TPSA) is 433 Å². The number of aliphatic hydroxyl groups is 2. The molecule has 1 aliphatic rings. The fourth-order valence-electron chi connectivity index (χ4n) is 6.31. The van der Waals surface area contributed by atoms with Gasteiger partial charge in [0.05, 0.1) is 29.5 Å². The molecule has 70 heavy (non-hydrogen) atoms. The van der Waals surface area contributed by atoms with Crippen LogP contribution in [0.1, 0.15) is 13.8 Å². The molecule has 5 aromatic rings. The summed E-state index contributed by atoms with van der Waals surface area (Å²) in [5.41, 5.74) is -2.81. The summed E-state index contributed by atoms with van der Waals surface area (Å²) < 4.78 is 150. The van der Waals surface area contributed by atoms with E-state index in [0.29, 0.717) is 6.07 Å². The predicted octanol–water partition coefficient (Wildman–Crippen LogP) is 4.94. The van der Waals surface area contributed by atoms with Crippen molar-refractivity contribution in [1.29, 1.82) is 0 Å². The molecule has 28 nitrogen and oxygen atoms in total. The first-order chi connectivity index (χ1) is 32.7. The van der Waals surface area contributed by atoms with Gasteiger partial charge < -0.3 is 30.1 Å². The summed E-state index contributed by atoms with van der Waals surface area (Å²) in [6.07, 6.45) is 0. The van der Waals surface area contributed by atoms with Gasteiger partial charge in [0.25, 0.3) is 46.4 Å². The van der Waals surface area contributed by atoms with Crippen LogP contribution in [0.3, 0.4) is 0 Å². The molecule has 0 spiro atoms. The van der Waals surface area contributed by atoms with Crippen molar-refractivity contribution in [3.8, 4) is 17.2 Å². The molecule has 2 amide bonds. The van der Waals surface area contributed by atoms with Crippen LogP contribution in [0.4, 0.5) is 39.8 Å². The first kappa shape index (κ1) is 52.1. The van der Waals surface area contributed by atoms with Crippen molar-refractivity contribution < 1.29 is 86.3 Å². The number of nitrogens with one attached hydrogen (secondary N) is 1. The van der Waals surface area contributed by atoms with Gasteiger partial charge in [0.2, 0.25) is 5.91 Å². The Labute approximate surface area is 395 Å². The second kappa shape index (κ2) is 20.4. The van der Waals surface area contributed by atoms with Crippen LogP contribution in [-0.4, -0.2) is 117 Å². The van der Waals surface area contributed by atoms with E-state index in [0.717, 1.165) is 72.6 Å². The van der Waals surface area contributed by atoms with Crippen LogP contribution >= 0.6 is 0 Å². The van der Waals surface area contributed by atoms with Crippen LogP contribution in [0, 0.1) is 0 Å². The van der Waals surface area contributed by atoms with Crippen LogP contribution in [0.2, 0.25) is 0 Å². The average Bonchev–Trinajstić information content (AvgIpc) is 3.56. The number of benzene rings is 5. The lowest BCUT2D eigenvalue weighted by Crippen LogP contribution is -2.29. The van der Waals surface area contributed by atoms with Crippen LogP contribution in [0.15, 0.2) is 128 Å². The van der Waals surface area contributed by atoms with Gasteiger partial charge in [0, 0.05) is 35.5 Å². The van der Waals surface area contributed by atoms with Gasteiger partial charge in [0.15, 0.2) is 11.8 Å². The second-order valence-electron chi connectivity index (χ2n) is 14.2. The lowest BCUT2D eigenvalue weighted by molar-refractivity contribution is -0.118. The van der Waals surface area contributed by atoms with Gasteiger partial charge >= 0.3 is 0 Å². The number of hydrogen-bond donors (Lipinski definition) is 8. The summed E-state index contributed by atoms with van der Waals surface area (Å²) in [6, 6.07) is 10.5. The quantitative estimate of drug-likeness (QED) is 0.0425. The van der Waals surface area contributed by atoms with Gasteiger partial charge in [-0.2, -0.15) is 54.0 Å². The van der Waals surface area contributed by atoms with E-state index in [1.165, 1.54) is 13.0 Å². The summed E-state index contributed by atoms with van der Waals surface area (Å²) in [4.78, 5) is 21.1. The molecule has 1 aliphatic heterocycles. The fourth-order valence-corrected chi connectivity index (χ4v) is 8.91. The number of aromatic hydroxyl groups is 1. The van der Waals surface area contributed by atoms with Gasteiger partial charge in [0.1, 0.15) is 67.8 Å². The molecular weight excluding hydrogens is 1010 g/mol. The first-order valence-corrected chi connectivity index (χ1v) is 25.0. The highest BCUT2D eigenvalue weighted by Crippen LogP contribution is 2.47. The third-order valence-electron chi connectivity index (χ3n) is 9.28. The Morgan fingerprint density at radius 3 is 1.76 bits per heavy atom. The summed E-state index contributed by atoms with van der Waals surface area (Å²) >= 11 is 0. The Bertz CT molecular complexity index is 3530. The van der Waals surface area contributed by atoms with Gasteiger partial charge in [-0.25, -0.2) is 0 Å². The lowest BCUT2D eigenvalue weighted by atomic mass is 10.1. The van der Waals surface area contributed by atoms with Crippen molar-refractivity contribution in [2.24, 2.45) is 35.8 Å². The molecule has 8 N–H and O–H groups in total. The number of hydrogen-bond acceptors (Lipinski definition) is 22. The molecular formula is C38H35N9O19S4. The molecule has 1 atom stereocenters. The van der Waals surface area contributed by atoms with Crippen molar-refractivity contribution in [2.45, 2.75) is 39.5 Å². The number of phenols is 1. The van der Waals surface area contributed by atoms with E-state index in [4.69, 9.17) is 9.47 Å². The number of rotatable bonds is 18. The molecule has 6 rings (SSSR count). The fraction of sp³-hybridized carbons (Fsp3) is 0.184. The Hall–Kier alpha value is -7.27. The molecule has 0 aromatic heterocycles. The predicted molar refractivity (Wildman–Crippen MR) is 241 cm³/mol. The zero-order chi connectivity index (χ0) is 51.5. The minimum Gasteiger partial charge on any atom is -0.505 e. The smallest absolute Gasteiger partial charge is 0.297 e. The zero-order valence-electron chi connectivity index (χ0n) is 35.6. The average molecular weight is 1050 g/mol. The highest BCUT2D eigenvalue weighted by molar-refractivity contribution is 7.87. The standard InChI is InChI=1S/C38H35N9O19S4/c1-19-34(38(52)47(46-19)22-4-6-23(7-5-22)67(53,54)55)44-41-27-10-8-24-25(37(27)70(62,63)64)16-33(69(59,60)61)35(36(24)51)45-43-29-18-30(65-13-11-48)28(17-31(29)66-14-12-49)42-40-26-9-3-21(39-20(2)50)15-32(26)68(56,57)58/h3-10,15-18,34,48-49,51H,11-14H2,1-2H3,(H,39,50)(H,53,54,55)(H,56,57,58)(H,59,60,61)(H,62,63,64). The normalized spacial score (nSPS) is 14.9. The van der Waals surface area contributed by atoms with E-state index in [2.05, 4.69) is 41.1 Å². The number of phenolic OH excluding ortho intramolecular Hbond substituents is 1. The molecule has 0 aliphatic carbocycles. The molecule has 0 bridgehead atoms. The van der Waals surface area contributed by atoms with Crippen molar-refractivity contribution in [3.05, 3.63) is 72.8 Å². The number of carbonyl (C=O) groups is 2. The number of anilines is 2. The maximum atomic E-state index is 13.3. The molecule has 5 aromatic carbocycles. The number of aliphatic hydroxyl groups excluding tert-OH is 2. The minimum atomic E-state index is -5.50. The maximum absolute atomic E-state index is 13.3. The largest absolute Gasteiger partial charge is 0.505 e. The van der Waals surface area contributed by atoms with Gasteiger partial charge in [-0.05, 0) is 67.6 Å². The van der Waals surface area contributed by atoms with Gasteiger partial charge in [-0.1, -0.05) is 0 Å². The summed E-state index contributed by atoms with van der Waals surface area (Å²) in [5.74, 6) is -3.18. The minimum absolute atomic E-state index is 0.000146. The first-order valence-electron chi connectivity index (χ1n) is 19.3. The molecule has 0 radical (unpaired) electrons. The second-order valence-corrected chi connectivity index (χ2v) is 19.7. The third-order valence-corrected chi connectivity index (χ3v) is 12.8. The zero-order valence-corrected chi connectivity index (χ0v) is 38.8. The summed E-state index contributed by atoms with van der Waals surface area (Å²) in [7, 11) is -20.5. The Morgan fingerprint density at radius 2 is 1.23 bits per heavy atom. The van der Waals surface area contributed by atoms with Crippen molar-refractivity contribution in [1.82, 2.24) is 0 Å². The number of azo groups is 3. The maximum Gasteiger partial charge on any atom is 0.297 e. The molecule has 370 valence electrons. The number of amides is 2.